The molecule has 0 aromatic heterocycles. The molecular formula is C12H19NO5S. The maximum absolute atomic E-state index is 12.1. The van der Waals surface area contributed by atoms with Gasteiger partial charge in [0, 0.05) is 12.1 Å². The molecule has 0 aliphatic rings. The van der Waals surface area contributed by atoms with Crippen LogP contribution in [0.5, 0.6) is 11.5 Å². The first-order chi connectivity index (χ1) is 8.98. The summed E-state index contributed by atoms with van der Waals surface area (Å²) in [6.45, 7) is 1.54. The van der Waals surface area contributed by atoms with Crippen molar-refractivity contribution in [1.29, 1.82) is 0 Å². The number of rotatable bonds is 7. The van der Waals surface area contributed by atoms with Crippen molar-refractivity contribution in [2.75, 3.05) is 20.8 Å². The molecule has 0 saturated heterocycles. The summed E-state index contributed by atoms with van der Waals surface area (Å²) < 4.78 is 36.8. The average Bonchev–Trinajstić information content (AvgIpc) is 2.43. The highest BCUT2D eigenvalue weighted by Gasteiger charge is 2.20. The van der Waals surface area contributed by atoms with Gasteiger partial charge in [0.2, 0.25) is 10.0 Å². The van der Waals surface area contributed by atoms with Crippen LogP contribution < -0.4 is 14.2 Å². The Morgan fingerprint density at radius 1 is 1.26 bits per heavy atom. The molecule has 0 aliphatic carbocycles. The van der Waals surface area contributed by atoms with Gasteiger partial charge in [0.05, 0.1) is 25.7 Å². The Labute approximate surface area is 113 Å². The number of nitrogens with one attached hydrogen (secondary N) is 1. The van der Waals surface area contributed by atoms with Gasteiger partial charge in [0.1, 0.15) is 0 Å². The van der Waals surface area contributed by atoms with Crippen LogP contribution in [0, 0.1) is 0 Å². The molecule has 0 spiro atoms. The van der Waals surface area contributed by atoms with Crippen molar-refractivity contribution in [1.82, 2.24) is 4.72 Å². The Morgan fingerprint density at radius 3 is 2.37 bits per heavy atom. The molecule has 0 radical (unpaired) electrons. The molecule has 0 bridgehead atoms. The van der Waals surface area contributed by atoms with Crippen molar-refractivity contribution in [2.45, 2.75) is 24.3 Å². The van der Waals surface area contributed by atoms with Gasteiger partial charge in [-0.15, -0.1) is 0 Å². The second kappa shape index (κ2) is 6.74. The summed E-state index contributed by atoms with van der Waals surface area (Å²) in [5, 5.41) is 9.05. The highest BCUT2D eigenvalue weighted by atomic mass is 32.2. The Hall–Kier alpha value is -1.31. The molecule has 1 aromatic rings. The van der Waals surface area contributed by atoms with Crippen LogP contribution >= 0.6 is 0 Å². The summed E-state index contributed by atoms with van der Waals surface area (Å²) in [7, 11) is -0.777. The van der Waals surface area contributed by atoms with Crippen LogP contribution in [0.1, 0.15) is 13.3 Å². The quantitative estimate of drug-likeness (QED) is 0.774. The van der Waals surface area contributed by atoms with Crippen molar-refractivity contribution in [3.8, 4) is 11.5 Å². The lowest BCUT2D eigenvalue weighted by atomic mass is 10.3. The number of aliphatic hydroxyl groups is 1. The molecule has 0 amide bonds. The van der Waals surface area contributed by atoms with E-state index < -0.39 is 16.1 Å². The second-order valence-corrected chi connectivity index (χ2v) is 5.64. The molecule has 108 valence electrons. The fourth-order valence-electron chi connectivity index (χ4n) is 1.52. The molecule has 0 saturated carbocycles. The fourth-order valence-corrected chi connectivity index (χ4v) is 2.85. The molecule has 0 fully saturated rings. The van der Waals surface area contributed by atoms with Crippen LogP contribution in [0.25, 0.3) is 0 Å². The fraction of sp³-hybridized carbons (Fsp3) is 0.500. The van der Waals surface area contributed by atoms with Crippen molar-refractivity contribution < 1.29 is 23.0 Å². The van der Waals surface area contributed by atoms with Crippen LogP contribution in [-0.2, 0) is 10.0 Å². The summed E-state index contributed by atoms with van der Waals surface area (Å²) in [5.41, 5.74) is 0. The number of hydrogen-bond acceptors (Lipinski definition) is 5. The smallest absolute Gasteiger partial charge is 0.241 e. The molecule has 0 heterocycles. The van der Waals surface area contributed by atoms with Gasteiger partial charge in [-0.1, -0.05) is 6.92 Å². The van der Waals surface area contributed by atoms with Crippen molar-refractivity contribution in [3.63, 3.8) is 0 Å². The number of benzene rings is 1. The molecule has 2 N–H and O–H groups in total. The lowest BCUT2D eigenvalue weighted by Gasteiger charge is -2.15. The zero-order valence-electron chi connectivity index (χ0n) is 11.2. The zero-order chi connectivity index (χ0) is 14.5. The van der Waals surface area contributed by atoms with E-state index in [1.165, 1.54) is 32.4 Å². The molecule has 0 aliphatic heterocycles. The topological polar surface area (TPSA) is 84.9 Å². The van der Waals surface area contributed by atoms with E-state index in [1.807, 2.05) is 0 Å². The summed E-state index contributed by atoms with van der Waals surface area (Å²) >= 11 is 0. The minimum absolute atomic E-state index is 0.0667. The zero-order valence-corrected chi connectivity index (χ0v) is 12.0. The summed E-state index contributed by atoms with van der Waals surface area (Å²) in [6.07, 6.45) is 0.503. The summed E-state index contributed by atoms with van der Waals surface area (Å²) in [4.78, 5) is 0.0667. The van der Waals surface area contributed by atoms with Gasteiger partial charge >= 0.3 is 0 Å². The first kappa shape index (κ1) is 15.7. The van der Waals surface area contributed by atoms with Gasteiger partial charge in [0.15, 0.2) is 11.5 Å². The number of ether oxygens (including phenoxy) is 2. The molecule has 1 rings (SSSR count). The highest BCUT2D eigenvalue weighted by molar-refractivity contribution is 7.89. The molecule has 19 heavy (non-hydrogen) atoms. The molecule has 6 nitrogen and oxygen atoms in total. The van der Waals surface area contributed by atoms with Crippen molar-refractivity contribution in [2.24, 2.45) is 0 Å². The number of aliphatic hydroxyl groups excluding tert-OH is 1. The van der Waals surface area contributed by atoms with Gasteiger partial charge in [0.25, 0.3) is 0 Å². The van der Waals surface area contributed by atoms with Crippen LogP contribution in [0.3, 0.4) is 0 Å². The maximum atomic E-state index is 12.1. The summed E-state index contributed by atoms with van der Waals surface area (Å²) in [6, 6.07) is 3.82. The van der Waals surface area contributed by atoms with Crippen LogP contribution in [0.15, 0.2) is 23.1 Å². The van der Waals surface area contributed by atoms with Crippen LogP contribution in [0.4, 0.5) is 0 Å². The van der Waals surface area contributed by atoms with E-state index in [1.54, 1.807) is 6.92 Å². The average molecular weight is 289 g/mol. The Kier molecular flexibility index (Phi) is 5.59. The van der Waals surface area contributed by atoms with Gasteiger partial charge < -0.3 is 14.6 Å². The summed E-state index contributed by atoms with van der Waals surface area (Å²) in [5.74, 6) is 0.790. The molecular weight excluding hydrogens is 270 g/mol. The van der Waals surface area contributed by atoms with E-state index >= 15 is 0 Å². The SMILES string of the molecule is CCC(CO)NS(=O)(=O)c1ccc(OC)c(OC)c1. The van der Waals surface area contributed by atoms with Gasteiger partial charge in [-0.3, -0.25) is 0 Å². The standard InChI is InChI=1S/C12H19NO5S/c1-4-9(8-14)13-19(15,16)10-5-6-11(17-2)12(7-10)18-3/h5-7,9,13-14H,4,8H2,1-3H3. The van der Waals surface area contributed by atoms with E-state index in [0.717, 1.165) is 0 Å². The maximum Gasteiger partial charge on any atom is 0.241 e. The molecule has 7 heteroatoms. The number of hydrogen-bond donors (Lipinski definition) is 2. The van der Waals surface area contributed by atoms with E-state index in [9.17, 15) is 8.42 Å². The third-order valence-electron chi connectivity index (χ3n) is 2.70. The van der Waals surface area contributed by atoms with E-state index in [0.29, 0.717) is 17.9 Å². The van der Waals surface area contributed by atoms with Crippen LogP contribution in [-0.4, -0.2) is 40.4 Å². The number of methoxy groups -OCH3 is 2. The predicted molar refractivity (Wildman–Crippen MR) is 71.0 cm³/mol. The first-order valence-corrected chi connectivity index (χ1v) is 7.32. The third-order valence-corrected chi connectivity index (χ3v) is 4.22. The van der Waals surface area contributed by atoms with Gasteiger partial charge in [-0.2, -0.15) is 0 Å². The lowest BCUT2D eigenvalue weighted by molar-refractivity contribution is 0.254. The van der Waals surface area contributed by atoms with Gasteiger partial charge in [-0.05, 0) is 18.6 Å². The monoisotopic (exact) mass is 289 g/mol. The Balaban J connectivity index is 3.08. The Bertz CT molecular complexity index is 511. The highest BCUT2D eigenvalue weighted by Crippen LogP contribution is 2.29. The minimum atomic E-state index is -3.69. The van der Waals surface area contributed by atoms with E-state index in [4.69, 9.17) is 14.6 Å². The van der Waals surface area contributed by atoms with Crippen molar-refractivity contribution in [3.05, 3.63) is 18.2 Å². The van der Waals surface area contributed by atoms with Crippen LogP contribution in [0.2, 0.25) is 0 Å². The van der Waals surface area contributed by atoms with E-state index in [2.05, 4.69) is 4.72 Å². The minimum Gasteiger partial charge on any atom is -0.493 e. The normalized spacial score (nSPS) is 13.1. The second-order valence-electron chi connectivity index (χ2n) is 3.93. The van der Waals surface area contributed by atoms with Gasteiger partial charge in [-0.25, -0.2) is 13.1 Å². The largest absolute Gasteiger partial charge is 0.493 e. The number of sulfonamides is 1. The van der Waals surface area contributed by atoms with Crippen molar-refractivity contribution >= 4 is 10.0 Å². The molecule has 1 atom stereocenters. The predicted octanol–water partition coefficient (Wildman–Crippen LogP) is 0.753. The molecule has 1 aromatic carbocycles. The third kappa shape index (κ3) is 3.82. The lowest BCUT2D eigenvalue weighted by Crippen LogP contribution is -2.36. The van der Waals surface area contributed by atoms with E-state index in [-0.39, 0.29) is 11.5 Å². The first-order valence-electron chi connectivity index (χ1n) is 5.83. The molecule has 1 unspecified atom stereocenters. The Morgan fingerprint density at radius 2 is 1.89 bits per heavy atom.